The van der Waals surface area contributed by atoms with Gasteiger partial charge in [-0.05, 0) is 95.0 Å². The molecule has 4 amide bonds. The number of benzene rings is 3. The van der Waals surface area contributed by atoms with Crippen molar-refractivity contribution in [1.82, 2.24) is 25.1 Å². The number of ketones is 1. The maximum Gasteiger partial charge on any atom is 0.416 e. The molecule has 17 heteroatoms. The minimum absolute atomic E-state index is 0.0539. The van der Waals surface area contributed by atoms with Crippen LogP contribution >= 0.6 is 0 Å². The van der Waals surface area contributed by atoms with Crippen molar-refractivity contribution < 1.29 is 51.0 Å². The average Bonchev–Trinajstić information content (AvgIpc) is 3.64. The molecule has 320 valence electrons. The van der Waals surface area contributed by atoms with Gasteiger partial charge in [-0.25, -0.2) is 14.2 Å². The lowest BCUT2D eigenvalue weighted by Crippen LogP contribution is -2.59. The van der Waals surface area contributed by atoms with Crippen molar-refractivity contribution in [2.24, 2.45) is 5.92 Å². The van der Waals surface area contributed by atoms with E-state index in [0.29, 0.717) is 18.4 Å². The number of anilines is 1. The number of alkyl halides is 3. The molecule has 3 aromatic carbocycles. The molecule has 2 atom stereocenters. The van der Waals surface area contributed by atoms with E-state index in [2.05, 4.69) is 20.9 Å². The summed E-state index contributed by atoms with van der Waals surface area (Å²) in [6.45, 7) is 7.97. The summed E-state index contributed by atoms with van der Waals surface area (Å²) >= 11 is 0. The Bertz CT molecular complexity index is 2130. The highest BCUT2D eigenvalue weighted by atomic mass is 19.4. The molecular weight excluding hydrogens is 788 g/mol. The number of imidazole rings is 1. The van der Waals surface area contributed by atoms with Gasteiger partial charge < -0.3 is 34.9 Å². The molecule has 0 radical (unpaired) electrons. The predicted molar refractivity (Wildman–Crippen MR) is 212 cm³/mol. The van der Waals surface area contributed by atoms with Crippen LogP contribution in [-0.2, 0) is 36.6 Å². The lowest BCUT2D eigenvalue weighted by molar-refractivity contribution is -0.137. The van der Waals surface area contributed by atoms with Crippen molar-refractivity contribution in [3.63, 3.8) is 0 Å². The van der Waals surface area contributed by atoms with Crippen LogP contribution in [0.15, 0.2) is 91.4 Å². The third-order valence-corrected chi connectivity index (χ3v) is 9.64. The molecule has 1 aromatic heterocycles. The zero-order valence-electron chi connectivity index (χ0n) is 33.8. The summed E-state index contributed by atoms with van der Waals surface area (Å²) < 4.78 is 66.4. The van der Waals surface area contributed by atoms with Crippen LogP contribution in [0.25, 0.3) is 0 Å². The van der Waals surface area contributed by atoms with Gasteiger partial charge >= 0.3 is 12.3 Å². The first-order valence-electron chi connectivity index (χ1n) is 19.2. The molecule has 2 unspecified atom stereocenters. The van der Waals surface area contributed by atoms with Crippen LogP contribution in [0.5, 0.6) is 0 Å². The van der Waals surface area contributed by atoms with Gasteiger partial charge in [0.1, 0.15) is 29.0 Å². The number of carbonyl (C=O) groups excluding carboxylic acids is 5. The Kier molecular flexibility index (Phi) is 14.1. The van der Waals surface area contributed by atoms with Crippen molar-refractivity contribution in [1.29, 1.82) is 0 Å². The summed E-state index contributed by atoms with van der Waals surface area (Å²) in [4.78, 5) is 72.9. The van der Waals surface area contributed by atoms with Gasteiger partial charge in [0.15, 0.2) is 11.6 Å². The zero-order valence-corrected chi connectivity index (χ0v) is 33.8. The lowest BCUT2D eigenvalue weighted by atomic mass is 9.88. The fraction of sp³-hybridized carbons (Fsp3) is 0.395. The van der Waals surface area contributed by atoms with Crippen LogP contribution in [0.1, 0.15) is 80.6 Å². The molecule has 1 saturated heterocycles. The molecule has 0 bridgehead atoms. The van der Waals surface area contributed by atoms with E-state index in [1.807, 2.05) is 30.3 Å². The number of likely N-dealkylation sites (tertiary alicyclic amines) is 1. The number of piperidine rings is 1. The van der Waals surface area contributed by atoms with E-state index in [0.717, 1.165) is 17.7 Å². The number of nitrogens with one attached hydrogen (secondary N) is 3. The molecular formula is C43H48F4N6O7. The van der Waals surface area contributed by atoms with Crippen molar-refractivity contribution in [3.05, 3.63) is 119 Å². The second-order valence-corrected chi connectivity index (χ2v) is 16.0. The first-order chi connectivity index (χ1) is 28.2. The Morgan fingerprint density at radius 3 is 2.10 bits per heavy atom. The van der Waals surface area contributed by atoms with E-state index in [1.54, 1.807) is 20.8 Å². The monoisotopic (exact) mass is 836 g/mol. The normalized spacial score (nSPS) is 14.8. The van der Waals surface area contributed by atoms with Crippen molar-refractivity contribution >= 4 is 35.4 Å². The second-order valence-electron chi connectivity index (χ2n) is 16.0. The third kappa shape index (κ3) is 12.2. The molecule has 5 rings (SSSR count). The Morgan fingerprint density at radius 1 is 0.867 bits per heavy atom. The third-order valence-electron chi connectivity index (χ3n) is 9.64. The van der Waals surface area contributed by atoms with Crippen molar-refractivity contribution in [2.45, 2.75) is 83.5 Å². The molecule has 3 N–H and O–H groups in total. The smallest absolute Gasteiger partial charge is 0.416 e. The van der Waals surface area contributed by atoms with Crippen molar-refractivity contribution in [2.75, 3.05) is 25.0 Å². The minimum Gasteiger partial charge on any atom is -0.444 e. The van der Waals surface area contributed by atoms with E-state index in [1.165, 1.54) is 72.2 Å². The van der Waals surface area contributed by atoms with Gasteiger partial charge in [-0.15, -0.1) is 0 Å². The molecule has 1 aliphatic heterocycles. The van der Waals surface area contributed by atoms with Gasteiger partial charge in [-0.1, -0.05) is 42.5 Å². The average molecular weight is 837 g/mol. The maximum absolute atomic E-state index is 14.2. The second kappa shape index (κ2) is 18.9. The first kappa shape index (κ1) is 45.0. The summed E-state index contributed by atoms with van der Waals surface area (Å²) in [6, 6.07) is 15.9. The van der Waals surface area contributed by atoms with Gasteiger partial charge in [0.2, 0.25) is 11.8 Å². The summed E-state index contributed by atoms with van der Waals surface area (Å²) in [7, 11) is 0. The number of rotatable bonds is 14. The van der Waals surface area contributed by atoms with Crippen molar-refractivity contribution in [3.8, 4) is 0 Å². The summed E-state index contributed by atoms with van der Waals surface area (Å²) in [5.41, 5.74) is -1.94. The number of hydrogen-bond donors (Lipinski definition) is 3. The molecule has 4 aromatic rings. The van der Waals surface area contributed by atoms with Crippen LogP contribution in [0.2, 0.25) is 0 Å². The number of halogens is 4. The number of nitrogens with zero attached hydrogens (tertiary/aromatic N) is 3. The van der Waals surface area contributed by atoms with Crippen LogP contribution in [0.4, 0.5) is 28.2 Å². The van der Waals surface area contributed by atoms with Gasteiger partial charge in [0.05, 0.1) is 25.1 Å². The molecule has 1 aliphatic rings. The topological polar surface area (TPSA) is 161 Å². The van der Waals surface area contributed by atoms with Gasteiger partial charge in [0.25, 0.3) is 5.91 Å². The largest absolute Gasteiger partial charge is 0.444 e. The summed E-state index contributed by atoms with van der Waals surface area (Å²) in [6.07, 6.45) is -2.29. The molecule has 0 spiro atoms. The quantitative estimate of drug-likeness (QED) is 0.0936. The van der Waals surface area contributed by atoms with Gasteiger partial charge in [-0.2, -0.15) is 13.2 Å². The standard InChI is InChI=1S/C43H48F4N6O7/c1-41(2,3)60-40(58)51-42(4,5)39(57)49-33(25-59-24-27-9-7-6-8-10-27)37(55)50-34-23-53(26-48-34)35(28-11-15-31(16-12-28)43(45,46)47)38(56)52-21-19-30(20-22-52)36(54)29-13-17-32(44)18-14-29/h6-18,23,26,30,33,35H,19-22,24-25H2,1-5H3,(H,49,57)(H,50,55)(H,51,58). The Balaban J connectivity index is 1.34. The molecule has 0 saturated carbocycles. The summed E-state index contributed by atoms with van der Waals surface area (Å²) in [5, 5.41) is 7.73. The fourth-order valence-electron chi connectivity index (χ4n) is 6.44. The zero-order chi connectivity index (χ0) is 43.8. The molecule has 60 heavy (non-hydrogen) atoms. The van der Waals surface area contributed by atoms with Crippen LogP contribution in [0, 0.1) is 11.7 Å². The number of carbonyl (C=O) groups is 5. The molecule has 2 heterocycles. The number of alkyl carbamates (subject to hydrolysis) is 1. The highest BCUT2D eigenvalue weighted by Crippen LogP contribution is 2.32. The summed E-state index contributed by atoms with van der Waals surface area (Å²) in [5.74, 6) is -3.13. The van der Waals surface area contributed by atoms with Gasteiger partial charge in [0, 0.05) is 30.8 Å². The van der Waals surface area contributed by atoms with E-state index < -0.39 is 70.5 Å². The minimum atomic E-state index is -4.62. The number of hydrogen-bond acceptors (Lipinski definition) is 8. The highest BCUT2D eigenvalue weighted by Gasteiger charge is 2.37. The molecule has 13 nitrogen and oxygen atoms in total. The number of ether oxygens (including phenoxy) is 2. The lowest BCUT2D eigenvalue weighted by Gasteiger charge is -2.34. The molecule has 1 fully saturated rings. The van der Waals surface area contributed by atoms with E-state index >= 15 is 0 Å². The fourth-order valence-corrected chi connectivity index (χ4v) is 6.44. The van der Waals surface area contributed by atoms with E-state index in [-0.39, 0.29) is 43.5 Å². The predicted octanol–water partition coefficient (Wildman–Crippen LogP) is 6.70. The Labute approximate surface area is 344 Å². The van der Waals surface area contributed by atoms with Gasteiger partial charge in [-0.3, -0.25) is 19.2 Å². The van der Waals surface area contributed by atoms with E-state index in [9.17, 15) is 41.5 Å². The number of Topliss-reactive ketones (excluding diaryl/α,β-unsaturated/α-hetero) is 1. The number of aromatic nitrogens is 2. The molecule has 0 aliphatic carbocycles. The van der Waals surface area contributed by atoms with Crippen LogP contribution in [0.3, 0.4) is 0 Å². The Morgan fingerprint density at radius 2 is 1.50 bits per heavy atom. The number of amides is 4. The van der Waals surface area contributed by atoms with E-state index in [4.69, 9.17) is 9.47 Å². The highest BCUT2D eigenvalue weighted by molar-refractivity contribution is 5.99. The SMILES string of the molecule is CC(C)(C)OC(=O)NC(C)(C)C(=O)NC(COCc1ccccc1)C(=O)Nc1cn(C(C(=O)N2CCC(C(=O)c3ccc(F)cc3)CC2)c2ccc(C(F)(F)F)cc2)cn1. The Hall–Kier alpha value is -6.10. The van der Waals surface area contributed by atoms with Crippen LogP contribution in [-0.4, -0.2) is 80.9 Å². The first-order valence-corrected chi connectivity index (χ1v) is 19.2. The van der Waals surface area contributed by atoms with Crippen LogP contribution < -0.4 is 16.0 Å². The maximum atomic E-state index is 14.2.